The molecule has 0 aromatic heterocycles. The molecule has 2 aliphatic heterocycles. The zero-order valence-electron chi connectivity index (χ0n) is 14.0. The fraction of sp³-hybridized carbons (Fsp3) is 0.381. The van der Waals surface area contributed by atoms with Crippen LogP contribution < -0.4 is 4.90 Å². The van der Waals surface area contributed by atoms with E-state index in [1.165, 1.54) is 23.2 Å². The average molecular weight is 320 g/mol. The van der Waals surface area contributed by atoms with Crippen molar-refractivity contribution in [1.29, 1.82) is 0 Å². The molecule has 0 spiro atoms. The van der Waals surface area contributed by atoms with E-state index in [1.807, 2.05) is 11.0 Å². The maximum Gasteiger partial charge on any atom is 0.225 e. The number of piperidine rings is 1. The van der Waals surface area contributed by atoms with Crippen LogP contribution in [0.4, 0.5) is 5.69 Å². The SMILES string of the molecule is O=C(C1CCN(c2cccc(-c3ccccc3)c2)CC1)N1CCC1. The van der Waals surface area contributed by atoms with Gasteiger partial charge in [0.05, 0.1) is 0 Å². The summed E-state index contributed by atoms with van der Waals surface area (Å²) >= 11 is 0. The largest absolute Gasteiger partial charge is 0.371 e. The van der Waals surface area contributed by atoms with Crippen molar-refractivity contribution in [2.75, 3.05) is 31.1 Å². The zero-order valence-corrected chi connectivity index (χ0v) is 14.0. The summed E-state index contributed by atoms with van der Waals surface area (Å²) in [4.78, 5) is 16.8. The lowest BCUT2D eigenvalue weighted by atomic mass is 9.93. The number of anilines is 1. The van der Waals surface area contributed by atoms with Crippen molar-refractivity contribution in [3.8, 4) is 11.1 Å². The second-order valence-electron chi connectivity index (χ2n) is 6.86. The standard InChI is InChI=1S/C21H24N2O/c24-21(23-12-5-13-23)18-10-14-22(15-11-18)20-9-4-8-19(16-20)17-6-2-1-3-7-17/h1-4,6-9,16,18H,5,10-15H2. The van der Waals surface area contributed by atoms with Crippen LogP contribution in [-0.4, -0.2) is 37.0 Å². The predicted molar refractivity (Wildman–Crippen MR) is 98.0 cm³/mol. The van der Waals surface area contributed by atoms with Gasteiger partial charge in [-0.1, -0.05) is 42.5 Å². The Balaban J connectivity index is 1.43. The smallest absolute Gasteiger partial charge is 0.225 e. The Bertz CT molecular complexity index is 701. The minimum absolute atomic E-state index is 0.235. The van der Waals surface area contributed by atoms with E-state index in [0.29, 0.717) is 5.91 Å². The summed E-state index contributed by atoms with van der Waals surface area (Å²) < 4.78 is 0. The maximum atomic E-state index is 12.4. The van der Waals surface area contributed by atoms with Crippen LogP contribution in [0.1, 0.15) is 19.3 Å². The topological polar surface area (TPSA) is 23.6 Å². The normalized spacial score (nSPS) is 18.3. The Hall–Kier alpha value is -2.29. The van der Waals surface area contributed by atoms with Gasteiger partial charge in [-0.2, -0.15) is 0 Å². The fourth-order valence-corrected chi connectivity index (χ4v) is 3.69. The molecule has 0 N–H and O–H groups in total. The van der Waals surface area contributed by atoms with Crippen LogP contribution in [-0.2, 0) is 4.79 Å². The van der Waals surface area contributed by atoms with Gasteiger partial charge in [-0.15, -0.1) is 0 Å². The van der Waals surface area contributed by atoms with E-state index < -0.39 is 0 Å². The first-order chi connectivity index (χ1) is 11.8. The highest BCUT2D eigenvalue weighted by Gasteiger charge is 2.30. The third kappa shape index (κ3) is 3.03. The number of rotatable bonds is 3. The second-order valence-corrected chi connectivity index (χ2v) is 6.86. The maximum absolute atomic E-state index is 12.4. The van der Waals surface area contributed by atoms with E-state index in [-0.39, 0.29) is 5.92 Å². The molecule has 2 fully saturated rings. The van der Waals surface area contributed by atoms with Gasteiger partial charge in [0.25, 0.3) is 0 Å². The lowest BCUT2D eigenvalue weighted by Crippen LogP contribution is -2.48. The Morgan fingerprint density at radius 2 is 1.54 bits per heavy atom. The van der Waals surface area contributed by atoms with Gasteiger partial charge in [0.15, 0.2) is 0 Å². The Kier molecular flexibility index (Phi) is 4.24. The molecule has 124 valence electrons. The third-order valence-electron chi connectivity index (χ3n) is 5.33. The number of amides is 1. The van der Waals surface area contributed by atoms with E-state index >= 15 is 0 Å². The molecule has 2 saturated heterocycles. The lowest BCUT2D eigenvalue weighted by molar-refractivity contribution is -0.139. The number of benzene rings is 2. The third-order valence-corrected chi connectivity index (χ3v) is 5.33. The second kappa shape index (κ2) is 6.68. The first kappa shape index (κ1) is 15.3. The molecule has 0 atom stereocenters. The number of likely N-dealkylation sites (tertiary alicyclic amines) is 1. The molecule has 2 aliphatic rings. The van der Waals surface area contributed by atoms with Crippen molar-refractivity contribution >= 4 is 11.6 Å². The summed E-state index contributed by atoms with van der Waals surface area (Å²) in [6.45, 7) is 3.89. The van der Waals surface area contributed by atoms with Crippen LogP contribution in [0.15, 0.2) is 54.6 Å². The summed E-state index contributed by atoms with van der Waals surface area (Å²) in [7, 11) is 0. The highest BCUT2D eigenvalue weighted by atomic mass is 16.2. The summed E-state index contributed by atoms with van der Waals surface area (Å²) in [6.07, 6.45) is 3.13. The molecule has 0 radical (unpaired) electrons. The van der Waals surface area contributed by atoms with Crippen molar-refractivity contribution in [3.05, 3.63) is 54.6 Å². The molecule has 0 aliphatic carbocycles. The Morgan fingerprint density at radius 3 is 2.21 bits per heavy atom. The van der Waals surface area contributed by atoms with Crippen LogP contribution in [0.2, 0.25) is 0 Å². The summed E-state index contributed by atoms with van der Waals surface area (Å²) in [5.41, 5.74) is 3.78. The molecule has 4 rings (SSSR count). The van der Waals surface area contributed by atoms with Crippen molar-refractivity contribution in [2.45, 2.75) is 19.3 Å². The highest BCUT2D eigenvalue weighted by molar-refractivity contribution is 5.80. The van der Waals surface area contributed by atoms with Crippen molar-refractivity contribution in [3.63, 3.8) is 0 Å². The van der Waals surface area contributed by atoms with E-state index in [2.05, 4.69) is 53.4 Å². The molecular weight excluding hydrogens is 296 g/mol. The lowest BCUT2D eigenvalue weighted by Gasteiger charge is -2.38. The molecule has 3 heteroatoms. The van der Waals surface area contributed by atoms with Gasteiger partial charge in [0, 0.05) is 37.8 Å². The average Bonchev–Trinajstić information content (AvgIpc) is 2.61. The van der Waals surface area contributed by atoms with Crippen LogP contribution in [0.5, 0.6) is 0 Å². The first-order valence-corrected chi connectivity index (χ1v) is 9.00. The molecule has 0 unspecified atom stereocenters. The summed E-state index contributed by atoms with van der Waals surface area (Å²) in [6, 6.07) is 19.3. The molecular formula is C21H24N2O. The molecule has 24 heavy (non-hydrogen) atoms. The van der Waals surface area contributed by atoms with Crippen LogP contribution in [0.3, 0.4) is 0 Å². The van der Waals surface area contributed by atoms with Crippen molar-refractivity contribution in [2.24, 2.45) is 5.92 Å². The van der Waals surface area contributed by atoms with Gasteiger partial charge >= 0.3 is 0 Å². The van der Waals surface area contributed by atoms with Gasteiger partial charge < -0.3 is 9.80 Å². The summed E-state index contributed by atoms with van der Waals surface area (Å²) in [5, 5.41) is 0. The van der Waals surface area contributed by atoms with Gasteiger partial charge in [0.2, 0.25) is 5.91 Å². The molecule has 2 aromatic carbocycles. The van der Waals surface area contributed by atoms with E-state index in [1.54, 1.807) is 0 Å². The summed E-state index contributed by atoms with van der Waals surface area (Å²) in [5.74, 6) is 0.623. The van der Waals surface area contributed by atoms with E-state index in [4.69, 9.17) is 0 Å². The minimum Gasteiger partial charge on any atom is -0.371 e. The molecule has 2 aromatic rings. The van der Waals surface area contributed by atoms with Gasteiger partial charge in [-0.25, -0.2) is 0 Å². The monoisotopic (exact) mass is 320 g/mol. The van der Waals surface area contributed by atoms with Gasteiger partial charge in [-0.3, -0.25) is 4.79 Å². The first-order valence-electron chi connectivity index (χ1n) is 9.00. The molecule has 1 amide bonds. The molecule has 2 heterocycles. The van der Waals surface area contributed by atoms with Crippen LogP contribution >= 0.6 is 0 Å². The fourth-order valence-electron chi connectivity index (χ4n) is 3.69. The Labute approximate surface area is 143 Å². The van der Waals surface area contributed by atoms with Gasteiger partial charge in [-0.05, 0) is 42.5 Å². The van der Waals surface area contributed by atoms with Gasteiger partial charge in [0.1, 0.15) is 0 Å². The molecule has 0 bridgehead atoms. The van der Waals surface area contributed by atoms with Crippen molar-refractivity contribution in [1.82, 2.24) is 4.90 Å². The number of nitrogens with zero attached hydrogens (tertiary/aromatic N) is 2. The minimum atomic E-state index is 0.235. The van der Waals surface area contributed by atoms with E-state index in [9.17, 15) is 4.79 Å². The number of hydrogen-bond donors (Lipinski definition) is 0. The number of carbonyl (C=O) groups excluding carboxylic acids is 1. The van der Waals surface area contributed by atoms with E-state index in [0.717, 1.165) is 39.0 Å². The Morgan fingerprint density at radius 1 is 0.833 bits per heavy atom. The van der Waals surface area contributed by atoms with Crippen LogP contribution in [0, 0.1) is 5.92 Å². The molecule has 3 nitrogen and oxygen atoms in total. The van der Waals surface area contributed by atoms with Crippen LogP contribution in [0.25, 0.3) is 11.1 Å². The number of carbonyl (C=O) groups is 1. The number of hydrogen-bond acceptors (Lipinski definition) is 2. The molecule has 0 saturated carbocycles. The highest BCUT2D eigenvalue weighted by Crippen LogP contribution is 2.29. The zero-order chi connectivity index (χ0) is 16.4. The quantitative estimate of drug-likeness (QED) is 0.859. The predicted octanol–water partition coefficient (Wildman–Crippen LogP) is 3.80. The van der Waals surface area contributed by atoms with Crippen molar-refractivity contribution < 1.29 is 4.79 Å².